The zero-order chi connectivity index (χ0) is 15.9. The lowest BCUT2D eigenvalue weighted by Gasteiger charge is -2.15. The van der Waals surface area contributed by atoms with Crippen LogP contribution < -0.4 is 5.32 Å². The maximum absolute atomic E-state index is 13.9. The highest BCUT2D eigenvalue weighted by molar-refractivity contribution is 7.16. The van der Waals surface area contributed by atoms with Gasteiger partial charge in [0.05, 0.1) is 0 Å². The van der Waals surface area contributed by atoms with E-state index >= 15 is 0 Å². The van der Waals surface area contributed by atoms with Crippen molar-refractivity contribution in [2.45, 2.75) is 64.5 Å². The number of fused-ring (bicyclic) bond motifs is 1. The molecule has 0 radical (unpaired) electrons. The monoisotopic (exact) mass is 319 g/mol. The lowest BCUT2D eigenvalue weighted by atomic mass is 9.91. The van der Waals surface area contributed by atoms with Crippen LogP contribution in [0.15, 0.2) is 18.9 Å². The number of halogens is 1. The van der Waals surface area contributed by atoms with E-state index in [4.69, 9.17) is 0 Å². The lowest BCUT2D eigenvalue weighted by molar-refractivity contribution is 0.320. The normalized spacial score (nSPS) is 26.4. The number of nitrogens with one attached hydrogen (secondary N) is 1. The molecule has 1 aromatic rings. The molecule has 2 aliphatic carbocycles. The van der Waals surface area contributed by atoms with Crippen LogP contribution in [0.25, 0.3) is 5.57 Å². The van der Waals surface area contributed by atoms with Gasteiger partial charge >= 0.3 is 0 Å². The van der Waals surface area contributed by atoms with Crippen LogP contribution in [0, 0.1) is 5.92 Å². The van der Waals surface area contributed by atoms with Crippen molar-refractivity contribution in [3.05, 3.63) is 34.9 Å². The van der Waals surface area contributed by atoms with E-state index in [1.165, 1.54) is 40.8 Å². The van der Waals surface area contributed by atoms with Gasteiger partial charge in [0, 0.05) is 22.1 Å². The number of aryl methyl sites for hydroxylation is 1. The Morgan fingerprint density at radius 1 is 1.36 bits per heavy atom. The van der Waals surface area contributed by atoms with Crippen molar-refractivity contribution >= 4 is 21.9 Å². The molecule has 3 rings (SSSR count). The number of rotatable bonds is 6. The third-order valence-electron chi connectivity index (χ3n) is 4.94. The molecule has 2 aliphatic rings. The third kappa shape index (κ3) is 2.88. The van der Waals surface area contributed by atoms with Crippen molar-refractivity contribution < 1.29 is 4.39 Å². The predicted octanol–water partition coefficient (Wildman–Crippen LogP) is 6.11. The Morgan fingerprint density at radius 3 is 2.68 bits per heavy atom. The third-order valence-corrected chi connectivity index (χ3v) is 6.15. The molecule has 1 fully saturated rings. The van der Waals surface area contributed by atoms with Gasteiger partial charge in [0.25, 0.3) is 0 Å². The van der Waals surface area contributed by atoms with E-state index in [1.807, 2.05) is 11.3 Å². The molecule has 2 atom stereocenters. The summed E-state index contributed by atoms with van der Waals surface area (Å²) in [6.45, 7) is 12.3. The van der Waals surface area contributed by atoms with E-state index in [-0.39, 0.29) is 5.92 Å². The highest BCUT2D eigenvalue weighted by Crippen LogP contribution is 2.52. The molecule has 1 aromatic heterocycles. The van der Waals surface area contributed by atoms with Crippen molar-refractivity contribution in [3.8, 4) is 0 Å². The molecule has 0 amide bonds. The van der Waals surface area contributed by atoms with Crippen molar-refractivity contribution in [1.82, 2.24) is 0 Å². The highest BCUT2D eigenvalue weighted by atomic mass is 32.1. The largest absolute Gasteiger partial charge is 0.350 e. The molecule has 1 unspecified atom stereocenters. The minimum Gasteiger partial charge on any atom is -0.350 e. The van der Waals surface area contributed by atoms with Gasteiger partial charge in [-0.1, -0.05) is 26.5 Å². The Balaban J connectivity index is 1.88. The number of hydrogen-bond donors (Lipinski definition) is 1. The molecule has 1 heterocycles. The number of allylic oxidation sites excluding steroid dienone is 2. The van der Waals surface area contributed by atoms with Crippen LogP contribution in [0.3, 0.4) is 0 Å². The number of thiophene rings is 1. The summed E-state index contributed by atoms with van der Waals surface area (Å²) in [4.78, 5) is 1.49. The predicted molar refractivity (Wildman–Crippen MR) is 95.3 cm³/mol. The molecule has 1 saturated carbocycles. The summed E-state index contributed by atoms with van der Waals surface area (Å²) >= 11 is 1.83. The molecule has 0 aromatic carbocycles. The van der Waals surface area contributed by atoms with Gasteiger partial charge in [-0.05, 0) is 56.6 Å². The molecule has 1 N–H and O–H groups in total. The molecular weight excluding hydrogens is 293 g/mol. The van der Waals surface area contributed by atoms with Gasteiger partial charge in [-0.3, -0.25) is 0 Å². The van der Waals surface area contributed by atoms with E-state index in [0.29, 0.717) is 6.42 Å². The van der Waals surface area contributed by atoms with Crippen LogP contribution in [-0.2, 0) is 12.8 Å². The van der Waals surface area contributed by atoms with Crippen LogP contribution in [0.2, 0.25) is 0 Å². The lowest BCUT2D eigenvalue weighted by Crippen LogP contribution is -2.07. The first-order valence-electron chi connectivity index (χ1n) is 8.41. The summed E-state index contributed by atoms with van der Waals surface area (Å²) in [6, 6.07) is 0. The molecule has 3 heteroatoms. The smallest absolute Gasteiger partial charge is 0.117 e. The van der Waals surface area contributed by atoms with Gasteiger partial charge in [0.15, 0.2) is 0 Å². The average Bonchev–Trinajstić information content (AvgIpc) is 2.95. The molecule has 1 nitrogen and oxygen atoms in total. The summed E-state index contributed by atoms with van der Waals surface area (Å²) in [5.41, 5.74) is 3.78. The first-order chi connectivity index (χ1) is 10.4. The minimum absolute atomic E-state index is 0.0427. The fourth-order valence-electron chi connectivity index (χ4n) is 3.51. The highest BCUT2D eigenvalue weighted by Gasteiger charge is 2.52. The SMILES string of the molecule is C=C(CCC)c1c(NC(=C)[C@H]2CC2(C)F)sc2c1CCCC2. The second-order valence-electron chi connectivity index (χ2n) is 6.95. The fraction of sp³-hybridized carbons (Fsp3) is 0.579. The number of hydrogen-bond acceptors (Lipinski definition) is 2. The quantitative estimate of drug-likeness (QED) is 0.666. The Hall–Kier alpha value is -1.09. The Bertz CT molecular complexity index is 611. The van der Waals surface area contributed by atoms with Crippen molar-refractivity contribution in [3.63, 3.8) is 0 Å². The first-order valence-corrected chi connectivity index (χ1v) is 9.23. The minimum atomic E-state index is -1.07. The van der Waals surface area contributed by atoms with Gasteiger partial charge < -0.3 is 5.32 Å². The van der Waals surface area contributed by atoms with Gasteiger partial charge in [0.2, 0.25) is 0 Å². The number of anilines is 1. The molecular formula is C19H26FNS. The molecule has 0 spiro atoms. The van der Waals surface area contributed by atoms with Gasteiger partial charge in [-0.25, -0.2) is 4.39 Å². The topological polar surface area (TPSA) is 12.0 Å². The molecule has 22 heavy (non-hydrogen) atoms. The van der Waals surface area contributed by atoms with Gasteiger partial charge in [-0.15, -0.1) is 11.3 Å². The fourth-order valence-corrected chi connectivity index (χ4v) is 4.89. The van der Waals surface area contributed by atoms with E-state index in [0.717, 1.165) is 30.0 Å². The Morgan fingerprint density at radius 2 is 2.05 bits per heavy atom. The van der Waals surface area contributed by atoms with E-state index in [2.05, 4.69) is 25.4 Å². The maximum Gasteiger partial charge on any atom is 0.117 e. The molecule has 0 bridgehead atoms. The summed E-state index contributed by atoms with van der Waals surface area (Å²) in [5, 5.41) is 4.60. The zero-order valence-electron chi connectivity index (χ0n) is 13.7. The number of alkyl halides is 1. The van der Waals surface area contributed by atoms with Crippen molar-refractivity contribution in [1.29, 1.82) is 0 Å². The molecule has 0 aliphatic heterocycles. The summed E-state index contributed by atoms with van der Waals surface area (Å²) in [6.07, 6.45) is 7.59. The Kier molecular flexibility index (Phi) is 4.19. The summed E-state index contributed by atoms with van der Waals surface area (Å²) in [5.74, 6) is -0.0427. The maximum atomic E-state index is 13.9. The van der Waals surface area contributed by atoms with Gasteiger partial charge in [-0.2, -0.15) is 0 Å². The van der Waals surface area contributed by atoms with Gasteiger partial charge in [0.1, 0.15) is 10.7 Å². The van der Waals surface area contributed by atoms with Crippen LogP contribution in [0.5, 0.6) is 0 Å². The molecule has 0 saturated heterocycles. The first kappa shape index (κ1) is 15.8. The van der Waals surface area contributed by atoms with Crippen LogP contribution in [0.4, 0.5) is 9.39 Å². The van der Waals surface area contributed by atoms with Crippen molar-refractivity contribution in [2.75, 3.05) is 5.32 Å². The zero-order valence-corrected chi connectivity index (χ0v) is 14.5. The van der Waals surface area contributed by atoms with Crippen LogP contribution in [0.1, 0.15) is 62.0 Å². The Labute approximate surface area is 137 Å². The second kappa shape index (κ2) is 5.84. The van der Waals surface area contributed by atoms with Crippen molar-refractivity contribution in [2.24, 2.45) is 5.92 Å². The second-order valence-corrected chi connectivity index (χ2v) is 8.06. The molecule has 120 valence electrons. The standard InChI is InChI=1S/C19H26FNS/c1-5-8-12(2)17-14-9-6-7-10-16(14)22-18(17)21-13(3)15-11-19(15,4)20/h15,21H,2-3,5-11H2,1,4H3/t15-,19?/m1/s1. The van der Waals surface area contributed by atoms with E-state index in [9.17, 15) is 4.39 Å². The van der Waals surface area contributed by atoms with E-state index in [1.54, 1.807) is 6.92 Å². The summed E-state index contributed by atoms with van der Waals surface area (Å²) < 4.78 is 13.9. The van der Waals surface area contributed by atoms with Crippen LogP contribution >= 0.6 is 11.3 Å². The van der Waals surface area contributed by atoms with Crippen LogP contribution in [-0.4, -0.2) is 5.67 Å². The van der Waals surface area contributed by atoms with E-state index < -0.39 is 5.67 Å². The summed E-state index contributed by atoms with van der Waals surface area (Å²) in [7, 11) is 0. The average molecular weight is 319 g/mol.